The van der Waals surface area contributed by atoms with E-state index in [0.29, 0.717) is 22.9 Å². The molecule has 152 valence electrons. The highest BCUT2D eigenvalue weighted by molar-refractivity contribution is 6.30. The Kier molecular flexibility index (Phi) is 7.12. The summed E-state index contributed by atoms with van der Waals surface area (Å²) in [6.45, 7) is 4.08. The van der Waals surface area contributed by atoms with Gasteiger partial charge in [0.1, 0.15) is 0 Å². The van der Waals surface area contributed by atoms with Crippen LogP contribution in [0.1, 0.15) is 25.3 Å². The molecule has 3 aromatic rings. The molecule has 6 nitrogen and oxygen atoms in total. The molecule has 1 aromatic heterocycles. The first-order valence-electron chi connectivity index (χ1n) is 9.59. The maximum absolute atomic E-state index is 5.98. The van der Waals surface area contributed by atoms with Crippen molar-refractivity contribution in [2.24, 2.45) is 0 Å². The lowest BCUT2D eigenvalue weighted by molar-refractivity contribution is 0.886. The minimum Gasteiger partial charge on any atom is -0.341 e. The molecule has 8 heteroatoms. The highest BCUT2D eigenvalue weighted by Crippen LogP contribution is 2.23. The van der Waals surface area contributed by atoms with Gasteiger partial charge in [-0.15, -0.1) is 12.4 Å². The van der Waals surface area contributed by atoms with Gasteiger partial charge in [0.25, 0.3) is 0 Å². The normalized spacial score (nSPS) is 13.1. The van der Waals surface area contributed by atoms with Crippen LogP contribution >= 0.6 is 24.0 Å². The van der Waals surface area contributed by atoms with Crippen LogP contribution in [0.3, 0.4) is 0 Å². The molecule has 1 saturated heterocycles. The summed E-state index contributed by atoms with van der Waals surface area (Å²) in [6.07, 6.45) is 3.33. The molecular weight excluding hydrogens is 407 g/mol. The standard InChI is InChI=1S/C21H23ClN6.ClH/c1-2-15-5-9-17(10-6-15)23-19-25-20(24-18-11-7-16(22)8-12-18)27-21(26-19)28-13-3-4-14-28;/h5-12H,2-4,13-14H2,1H3,(H2,23,24,25,26,27);1H. The van der Waals surface area contributed by atoms with Crippen molar-refractivity contribution >= 4 is 53.2 Å². The molecule has 1 fully saturated rings. The molecule has 1 aliphatic heterocycles. The van der Waals surface area contributed by atoms with Gasteiger partial charge in [0.15, 0.2) is 0 Å². The van der Waals surface area contributed by atoms with Gasteiger partial charge in [-0.1, -0.05) is 30.7 Å². The summed E-state index contributed by atoms with van der Waals surface area (Å²) in [6, 6.07) is 15.8. The third-order valence-electron chi connectivity index (χ3n) is 4.73. The summed E-state index contributed by atoms with van der Waals surface area (Å²) in [7, 11) is 0. The van der Waals surface area contributed by atoms with Crippen LogP contribution in [0.4, 0.5) is 29.2 Å². The number of halogens is 2. The Morgan fingerprint density at radius 3 is 1.86 bits per heavy atom. The maximum Gasteiger partial charge on any atom is 0.233 e. The minimum atomic E-state index is 0. The van der Waals surface area contributed by atoms with Gasteiger partial charge >= 0.3 is 0 Å². The van der Waals surface area contributed by atoms with E-state index < -0.39 is 0 Å². The van der Waals surface area contributed by atoms with Crippen LogP contribution in [0.15, 0.2) is 48.5 Å². The Morgan fingerprint density at radius 1 is 0.828 bits per heavy atom. The first kappa shape index (κ1) is 21.1. The molecule has 4 rings (SSSR count). The van der Waals surface area contributed by atoms with Crippen LogP contribution in [0.2, 0.25) is 5.02 Å². The number of hydrogen-bond acceptors (Lipinski definition) is 6. The number of nitrogens with zero attached hydrogens (tertiary/aromatic N) is 4. The third-order valence-corrected chi connectivity index (χ3v) is 4.98. The molecule has 0 unspecified atom stereocenters. The molecule has 0 spiro atoms. The van der Waals surface area contributed by atoms with E-state index in [0.717, 1.165) is 43.7 Å². The van der Waals surface area contributed by atoms with Crippen LogP contribution in [0.5, 0.6) is 0 Å². The zero-order chi connectivity index (χ0) is 19.3. The van der Waals surface area contributed by atoms with Gasteiger partial charge in [-0.25, -0.2) is 0 Å². The third kappa shape index (κ3) is 5.49. The maximum atomic E-state index is 5.98. The first-order valence-corrected chi connectivity index (χ1v) is 9.97. The van der Waals surface area contributed by atoms with Gasteiger partial charge in [-0.05, 0) is 61.2 Å². The Balaban J connectivity index is 0.00000240. The monoisotopic (exact) mass is 430 g/mol. The highest BCUT2D eigenvalue weighted by atomic mass is 35.5. The van der Waals surface area contributed by atoms with Crippen molar-refractivity contribution < 1.29 is 0 Å². The van der Waals surface area contributed by atoms with Crippen LogP contribution < -0.4 is 15.5 Å². The predicted octanol–water partition coefficient (Wildman–Crippen LogP) is 5.60. The van der Waals surface area contributed by atoms with E-state index in [1.54, 1.807) is 0 Å². The molecule has 29 heavy (non-hydrogen) atoms. The van der Waals surface area contributed by atoms with E-state index in [1.807, 2.05) is 36.4 Å². The summed E-state index contributed by atoms with van der Waals surface area (Å²) in [5.41, 5.74) is 3.12. The van der Waals surface area contributed by atoms with Gasteiger partial charge in [0.05, 0.1) is 0 Å². The average molecular weight is 431 g/mol. The van der Waals surface area contributed by atoms with Crippen LogP contribution in [-0.2, 0) is 6.42 Å². The fourth-order valence-corrected chi connectivity index (χ4v) is 3.28. The highest BCUT2D eigenvalue weighted by Gasteiger charge is 2.17. The number of hydrogen-bond donors (Lipinski definition) is 2. The molecule has 0 bridgehead atoms. The second kappa shape index (κ2) is 9.76. The summed E-state index contributed by atoms with van der Waals surface area (Å²) >= 11 is 5.98. The number of aryl methyl sites for hydroxylation is 1. The van der Waals surface area contributed by atoms with Crippen molar-refractivity contribution in [1.29, 1.82) is 0 Å². The summed E-state index contributed by atoms with van der Waals surface area (Å²) in [5.74, 6) is 1.72. The smallest absolute Gasteiger partial charge is 0.233 e. The number of benzene rings is 2. The van der Waals surface area contributed by atoms with E-state index in [1.165, 1.54) is 5.56 Å². The van der Waals surface area contributed by atoms with E-state index in [-0.39, 0.29) is 12.4 Å². The molecule has 0 amide bonds. The molecule has 0 atom stereocenters. The van der Waals surface area contributed by atoms with Crippen molar-refractivity contribution in [2.75, 3.05) is 28.6 Å². The summed E-state index contributed by atoms with van der Waals surface area (Å²) < 4.78 is 0. The fourth-order valence-electron chi connectivity index (χ4n) is 3.15. The Labute approximate surface area is 182 Å². The minimum absolute atomic E-state index is 0. The van der Waals surface area contributed by atoms with Crippen molar-refractivity contribution in [3.05, 3.63) is 59.1 Å². The Morgan fingerprint density at radius 2 is 1.34 bits per heavy atom. The van der Waals surface area contributed by atoms with Crippen LogP contribution in [0.25, 0.3) is 0 Å². The van der Waals surface area contributed by atoms with Gasteiger partial charge in [0.2, 0.25) is 17.8 Å². The topological polar surface area (TPSA) is 66.0 Å². The van der Waals surface area contributed by atoms with Crippen LogP contribution in [-0.4, -0.2) is 28.0 Å². The SMILES string of the molecule is CCc1ccc(Nc2nc(Nc3ccc(Cl)cc3)nc(N3CCCC3)n2)cc1.Cl. The number of aromatic nitrogens is 3. The van der Waals surface area contributed by atoms with Crippen molar-refractivity contribution in [1.82, 2.24) is 15.0 Å². The summed E-state index contributed by atoms with van der Waals surface area (Å²) in [4.78, 5) is 16.0. The van der Waals surface area contributed by atoms with E-state index >= 15 is 0 Å². The van der Waals surface area contributed by atoms with Gasteiger partial charge in [0, 0.05) is 29.5 Å². The van der Waals surface area contributed by atoms with Crippen molar-refractivity contribution in [3.8, 4) is 0 Å². The molecule has 0 saturated carbocycles. The lowest BCUT2D eigenvalue weighted by Gasteiger charge is -2.17. The largest absolute Gasteiger partial charge is 0.341 e. The summed E-state index contributed by atoms with van der Waals surface area (Å²) in [5, 5.41) is 7.25. The molecule has 1 aliphatic rings. The van der Waals surface area contributed by atoms with E-state index in [9.17, 15) is 0 Å². The fraction of sp³-hybridized carbons (Fsp3) is 0.286. The van der Waals surface area contributed by atoms with Crippen molar-refractivity contribution in [3.63, 3.8) is 0 Å². The zero-order valence-corrected chi connectivity index (χ0v) is 17.8. The predicted molar refractivity (Wildman–Crippen MR) is 122 cm³/mol. The van der Waals surface area contributed by atoms with Gasteiger partial charge in [-0.2, -0.15) is 15.0 Å². The molecule has 0 aliphatic carbocycles. The van der Waals surface area contributed by atoms with Crippen molar-refractivity contribution in [2.45, 2.75) is 26.2 Å². The Hall–Kier alpha value is -2.57. The van der Waals surface area contributed by atoms with Gasteiger partial charge < -0.3 is 15.5 Å². The quantitative estimate of drug-likeness (QED) is 0.530. The number of rotatable bonds is 6. The molecular formula is C21H24Cl2N6. The molecule has 2 aromatic carbocycles. The average Bonchev–Trinajstić information content (AvgIpc) is 3.25. The number of anilines is 5. The molecule has 2 N–H and O–H groups in total. The lowest BCUT2D eigenvalue weighted by atomic mass is 10.1. The van der Waals surface area contributed by atoms with Crippen LogP contribution in [0, 0.1) is 0 Å². The van der Waals surface area contributed by atoms with Gasteiger partial charge in [-0.3, -0.25) is 0 Å². The van der Waals surface area contributed by atoms with E-state index in [4.69, 9.17) is 11.6 Å². The zero-order valence-electron chi connectivity index (χ0n) is 16.2. The first-order chi connectivity index (χ1) is 13.7. The number of nitrogens with one attached hydrogen (secondary N) is 2. The molecule has 2 heterocycles. The molecule has 0 radical (unpaired) electrons. The second-order valence-electron chi connectivity index (χ2n) is 6.78. The second-order valence-corrected chi connectivity index (χ2v) is 7.22. The van der Waals surface area contributed by atoms with E-state index in [2.05, 4.69) is 49.5 Å². The lowest BCUT2D eigenvalue weighted by Crippen LogP contribution is -2.21. The Bertz CT molecular complexity index is 925.